The highest BCUT2D eigenvalue weighted by atomic mass is 35.5. The number of nitrogens with zero attached hydrogens (tertiary/aromatic N) is 4. The van der Waals surface area contributed by atoms with E-state index in [1.54, 1.807) is 35.0 Å². The molecule has 1 amide bonds. The van der Waals surface area contributed by atoms with Gasteiger partial charge in [-0.3, -0.25) is 14.2 Å². The van der Waals surface area contributed by atoms with Gasteiger partial charge in [-0.05, 0) is 54.3 Å². The zero-order valence-corrected chi connectivity index (χ0v) is 24.8. The minimum atomic E-state index is -3.33. The second kappa shape index (κ2) is 11.7. The average molecular weight is 615 g/mol. The van der Waals surface area contributed by atoms with Crippen molar-refractivity contribution in [3.8, 4) is 16.9 Å². The number of hydrogen-bond acceptors (Lipinski definition) is 7. The number of amides is 1. The highest BCUT2D eigenvalue weighted by molar-refractivity contribution is 7.90. The molecule has 3 aromatic heterocycles. The van der Waals surface area contributed by atoms with E-state index >= 15 is 0 Å². The van der Waals surface area contributed by atoms with Crippen molar-refractivity contribution in [1.29, 1.82) is 0 Å². The molecule has 0 aliphatic heterocycles. The van der Waals surface area contributed by atoms with Crippen molar-refractivity contribution in [2.75, 3.05) is 12.0 Å². The third-order valence-corrected chi connectivity index (χ3v) is 8.19. The number of anilines is 1. The fraction of sp³-hybridized carbons (Fsp3) is 0.0968. The number of nitrogen functional groups attached to an aromatic ring is 1. The molecule has 3 heterocycles. The van der Waals surface area contributed by atoms with Crippen LogP contribution in [0.3, 0.4) is 0 Å². The Morgan fingerprint density at radius 2 is 1.70 bits per heavy atom. The van der Waals surface area contributed by atoms with E-state index in [0.29, 0.717) is 21.7 Å². The van der Waals surface area contributed by atoms with Crippen LogP contribution in [0.4, 0.5) is 5.82 Å². The first kappa shape index (κ1) is 29.5. The number of benzene rings is 3. The zero-order chi connectivity index (χ0) is 30.9. The molecule has 4 N–H and O–H groups in total. The molecule has 218 valence electrons. The predicted octanol–water partition coefficient (Wildman–Crippen LogP) is 4.69. The van der Waals surface area contributed by atoms with Gasteiger partial charge in [-0.25, -0.2) is 17.9 Å². The fourth-order valence-corrected chi connectivity index (χ4v) is 5.65. The molecule has 0 spiro atoms. The van der Waals surface area contributed by atoms with Gasteiger partial charge in [-0.15, -0.1) is 5.10 Å². The van der Waals surface area contributed by atoms with Crippen molar-refractivity contribution in [3.63, 3.8) is 0 Å². The number of aryl methyl sites for hydroxylation is 1. The van der Waals surface area contributed by atoms with Crippen molar-refractivity contribution in [3.05, 3.63) is 118 Å². The molecule has 10 nitrogen and oxygen atoms in total. The molecule has 43 heavy (non-hydrogen) atoms. The number of para-hydroxylation sites is 1. The first-order valence-electron chi connectivity index (χ1n) is 13.1. The van der Waals surface area contributed by atoms with Crippen LogP contribution in [0, 0.1) is 0 Å². The van der Waals surface area contributed by atoms with Crippen LogP contribution >= 0.6 is 11.6 Å². The number of nitrogens with two attached hydrogens (primary N) is 2. The van der Waals surface area contributed by atoms with Gasteiger partial charge in [0.25, 0.3) is 11.5 Å². The van der Waals surface area contributed by atoms with Crippen LogP contribution in [-0.2, 0) is 16.3 Å². The van der Waals surface area contributed by atoms with Crippen molar-refractivity contribution >= 4 is 49.6 Å². The van der Waals surface area contributed by atoms with Gasteiger partial charge in [0, 0.05) is 29.4 Å². The lowest BCUT2D eigenvalue weighted by Crippen LogP contribution is -2.22. The van der Waals surface area contributed by atoms with Gasteiger partial charge >= 0.3 is 0 Å². The normalized spacial score (nSPS) is 11.3. The molecule has 0 radical (unpaired) electrons. The molecule has 0 aliphatic rings. The largest absolute Gasteiger partial charge is 0.381 e. The quantitative estimate of drug-likeness (QED) is 0.285. The summed E-state index contributed by atoms with van der Waals surface area (Å²) in [5.74, 6) is -0.737. The van der Waals surface area contributed by atoms with E-state index < -0.39 is 15.7 Å². The van der Waals surface area contributed by atoms with Crippen LogP contribution in [0.5, 0.6) is 0 Å². The Hall–Kier alpha value is -5.00. The Bertz CT molecular complexity index is 2180. The number of fused-ring (bicyclic) bond motifs is 2. The summed E-state index contributed by atoms with van der Waals surface area (Å²) in [6, 6.07) is 25.3. The second-order valence-electron chi connectivity index (χ2n) is 9.67. The fourth-order valence-electron chi connectivity index (χ4n) is 4.72. The molecule has 0 aliphatic carbocycles. The molecule has 6 rings (SSSR count). The lowest BCUT2D eigenvalue weighted by Gasteiger charge is -2.14. The Labute approximate surface area is 252 Å². The molecule has 0 fully saturated rings. The van der Waals surface area contributed by atoms with E-state index in [0.717, 1.165) is 29.4 Å². The van der Waals surface area contributed by atoms with Crippen LogP contribution in [0.2, 0.25) is 5.02 Å². The highest BCUT2D eigenvalue weighted by Gasteiger charge is 2.18. The SMILES string of the molecule is CCc1cc2cccc(Cl)c2c(=O)n1-c1ccccc1.CS(=O)(=O)c1cccc(-c2ccn3nc(N)c(C(N)=O)c3n2)c1. The molecule has 0 bridgehead atoms. The van der Waals surface area contributed by atoms with Crippen LogP contribution in [0.15, 0.2) is 101 Å². The summed E-state index contributed by atoms with van der Waals surface area (Å²) in [7, 11) is -3.33. The minimum Gasteiger partial charge on any atom is -0.381 e. The summed E-state index contributed by atoms with van der Waals surface area (Å²) >= 11 is 6.20. The number of primary amides is 1. The molecular weight excluding hydrogens is 588 g/mol. The average Bonchev–Trinajstić information content (AvgIpc) is 3.32. The maximum absolute atomic E-state index is 12.8. The zero-order valence-electron chi connectivity index (χ0n) is 23.2. The Morgan fingerprint density at radius 3 is 2.37 bits per heavy atom. The molecule has 6 aromatic rings. The maximum atomic E-state index is 12.8. The summed E-state index contributed by atoms with van der Waals surface area (Å²) in [5.41, 5.74) is 14.1. The summed E-state index contributed by atoms with van der Waals surface area (Å²) in [4.78, 5) is 28.8. The summed E-state index contributed by atoms with van der Waals surface area (Å²) in [6.07, 6.45) is 3.49. The number of carbonyl (C=O) groups excluding carboxylic acids is 1. The number of halogens is 1. The van der Waals surface area contributed by atoms with Crippen LogP contribution < -0.4 is 17.0 Å². The number of rotatable bonds is 5. The molecule has 0 atom stereocenters. The molecule has 0 saturated heterocycles. The number of pyridine rings is 1. The Balaban J connectivity index is 0.000000173. The minimum absolute atomic E-state index is 0.00737. The first-order valence-corrected chi connectivity index (χ1v) is 15.4. The monoisotopic (exact) mass is 614 g/mol. The lowest BCUT2D eigenvalue weighted by molar-refractivity contribution is 0.100. The van der Waals surface area contributed by atoms with Crippen molar-refractivity contribution in [2.24, 2.45) is 5.73 Å². The Kier molecular flexibility index (Phi) is 8.03. The number of aromatic nitrogens is 4. The van der Waals surface area contributed by atoms with Gasteiger partial charge in [0.2, 0.25) is 0 Å². The van der Waals surface area contributed by atoms with Gasteiger partial charge in [-0.1, -0.05) is 61.0 Å². The van der Waals surface area contributed by atoms with Crippen LogP contribution in [-0.4, -0.2) is 39.7 Å². The van der Waals surface area contributed by atoms with E-state index in [1.807, 2.05) is 55.5 Å². The summed E-state index contributed by atoms with van der Waals surface area (Å²) < 4.78 is 26.4. The topological polar surface area (TPSA) is 155 Å². The molecule has 0 unspecified atom stereocenters. The van der Waals surface area contributed by atoms with Crippen LogP contribution in [0.1, 0.15) is 23.0 Å². The number of carbonyl (C=O) groups is 1. The molecule has 0 saturated carbocycles. The second-order valence-corrected chi connectivity index (χ2v) is 12.1. The third-order valence-electron chi connectivity index (χ3n) is 6.77. The Morgan fingerprint density at radius 1 is 0.977 bits per heavy atom. The number of hydrogen-bond donors (Lipinski definition) is 2. The van der Waals surface area contributed by atoms with Crippen LogP contribution in [0.25, 0.3) is 33.4 Å². The smallest absolute Gasteiger partial charge is 0.264 e. The lowest BCUT2D eigenvalue weighted by atomic mass is 10.1. The van der Waals surface area contributed by atoms with E-state index in [1.165, 1.54) is 16.6 Å². The van der Waals surface area contributed by atoms with Gasteiger partial charge in [0.05, 0.1) is 21.0 Å². The maximum Gasteiger partial charge on any atom is 0.264 e. The van der Waals surface area contributed by atoms with Crippen molar-refractivity contribution < 1.29 is 13.2 Å². The van der Waals surface area contributed by atoms with Gasteiger partial charge in [0.15, 0.2) is 21.3 Å². The predicted molar refractivity (Wildman–Crippen MR) is 168 cm³/mol. The van der Waals surface area contributed by atoms with E-state index in [2.05, 4.69) is 10.1 Å². The van der Waals surface area contributed by atoms with Gasteiger partial charge in [-0.2, -0.15) is 0 Å². The molecule has 3 aromatic carbocycles. The van der Waals surface area contributed by atoms with E-state index in [-0.39, 0.29) is 27.5 Å². The summed E-state index contributed by atoms with van der Waals surface area (Å²) in [6.45, 7) is 2.05. The summed E-state index contributed by atoms with van der Waals surface area (Å²) in [5, 5.41) is 5.93. The van der Waals surface area contributed by atoms with E-state index in [9.17, 15) is 18.0 Å². The van der Waals surface area contributed by atoms with Crippen molar-refractivity contribution in [1.82, 2.24) is 19.2 Å². The highest BCUT2D eigenvalue weighted by Crippen LogP contribution is 2.24. The van der Waals surface area contributed by atoms with Gasteiger partial charge in [0.1, 0.15) is 5.56 Å². The molecular formula is C31H27ClN6O4S. The van der Waals surface area contributed by atoms with E-state index in [4.69, 9.17) is 23.1 Å². The first-order chi connectivity index (χ1) is 20.5. The van der Waals surface area contributed by atoms with Crippen molar-refractivity contribution in [2.45, 2.75) is 18.2 Å². The number of sulfone groups is 1. The van der Waals surface area contributed by atoms with Gasteiger partial charge < -0.3 is 11.5 Å². The standard InChI is InChI=1S/C17H14ClNO.C14H13N5O3S/c1-2-13-11-12-7-6-10-15(18)16(12)17(20)19(13)14-8-4-3-5-9-14;1-23(21,22)9-4-2-3-8(7-9)10-5-6-19-14(17-10)11(13(16)20)12(15)18-19/h3-11H,2H2,1H3;2-7H,1H3,(H2,15,18)(H2,16,20). The third kappa shape index (κ3) is 5.85. The molecule has 12 heteroatoms.